The first-order chi connectivity index (χ1) is 20.0. The van der Waals surface area contributed by atoms with Gasteiger partial charge in [0.25, 0.3) is 0 Å². The largest absolute Gasteiger partial charge is 0.488 e. The zero-order valence-electron chi connectivity index (χ0n) is 21.9. The zero-order valence-corrected chi connectivity index (χ0v) is 24.1. The summed E-state index contributed by atoms with van der Waals surface area (Å²) < 4.78 is 40.5. The van der Waals surface area contributed by atoms with E-state index in [-0.39, 0.29) is 76.3 Å². The second-order valence-electron chi connectivity index (χ2n) is 10.5. The molecule has 3 heterocycles. The average molecular weight is 638 g/mol. The lowest BCUT2D eigenvalue weighted by molar-refractivity contribution is -0.245. The quantitative estimate of drug-likeness (QED) is 0.323. The summed E-state index contributed by atoms with van der Waals surface area (Å²) in [5.74, 6) is -2.45. The van der Waals surface area contributed by atoms with Gasteiger partial charge in [0.1, 0.15) is 29.5 Å². The van der Waals surface area contributed by atoms with Crippen molar-refractivity contribution in [2.75, 3.05) is 24.6 Å². The smallest absolute Gasteiger partial charge is 0.337 e. The zero-order chi connectivity index (χ0) is 29.9. The lowest BCUT2D eigenvalue weighted by Crippen LogP contribution is -2.60. The molecule has 4 N–H and O–H groups in total. The molecule has 2 fully saturated rings. The molecule has 6 rings (SSSR count). The van der Waals surface area contributed by atoms with Crippen molar-refractivity contribution in [3.8, 4) is 5.75 Å². The third kappa shape index (κ3) is 5.11. The van der Waals surface area contributed by atoms with Crippen LogP contribution in [0.15, 0.2) is 42.1 Å². The Hall–Kier alpha value is -3.28. The molecule has 2 aliphatic heterocycles. The van der Waals surface area contributed by atoms with Gasteiger partial charge in [-0.2, -0.15) is 0 Å². The van der Waals surface area contributed by atoms with Crippen LogP contribution in [-0.4, -0.2) is 41.5 Å². The predicted octanol–water partition coefficient (Wildman–Crippen LogP) is 5.28. The summed E-state index contributed by atoms with van der Waals surface area (Å²) in [6, 6.07) is 6.56. The van der Waals surface area contributed by atoms with Crippen molar-refractivity contribution in [1.82, 2.24) is 4.98 Å². The fourth-order valence-corrected chi connectivity index (χ4v) is 6.51. The van der Waals surface area contributed by atoms with Crippen molar-refractivity contribution in [3.05, 3.63) is 91.1 Å². The fourth-order valence-electron chi connectivity index (χ4n) is 5.42. The van der Waals surface area contributed by atoms with Gasteiger partial charge in [0, 0.05) is 17.7 Å². The lowest BCUT2D eigenvalue weighted by atomic mass is 9.85. The Balaban J connectivity index is 1.23. The van der Waals surface area contributed by atoms with Crippen molar-refractivity contribution in [2.24, 2.45) is 5.92 Å². The van der Waals surface area contributed by atoms with Gasteiger partial charge in [-0.05, 0) is 48.7 Å². The first-order valence-electron chi connectivity index (χ1n) is 12.9. The topological polar surface area (TPSA) is 117 Å². The standard InChI is InChI=1S/C29H22Cl3F2N3O5/c30-19-5-16(33)6-20(31)23(19)25(35)18(26(38)13-1-2-13)10-41-17-3-15-9-42-29(24(15)21(32)7-17)11-37(12-29)27-22(34)4-14(8-36-27)28(39)40/h3-8,13H,1-2,9-12,35H2,(H,39,40)/p+1. The molecule has 42 heavy (non-hydrogen) atoms. The highest BCUT2D eigenvalue weighted by Gasteiger charge is 2.52. The van der Waals surface area contributed by atoms with Gasteiger partial charge >= 0.3 is 5.97 Å². The maximum Gasteiger partial charge on any atom is 0.337 e. The minimum atomic E-state index is -1.26. The number of ketones is 1. The average Bonchev–Trinajstić information content (AvgIpc) is 3.67. The first kappa shape index (κ1) is 28.8. The molecule has 0 amide bonds. The molecular weight excluding hydrogens is 615 g/mol. The van der Waals surface area contributed by atoms with Crippen LogP contribution in [0.1, 0.15) is 39.9 Å². The van der Waals surface area contributed by atoms with E-state index in [1.54, 1.807) is 17.0 Å². The number of hydrogen-bond acceptors (Lipinski definition) is 6. The van der Waals surface area contributed by atoms with E-state index < -0.39 is 23.2 Å². The van der Waals surface area contributed by atoms with E-state index in [9.17, 15) is 18.4 Å². The van der Waals surface area contributed by atoms with E-state index in [1.807, 2.05) is 0 Å². The number of aromatic carboxylic acids is 1. The second kappa shape index (κ2) is 10.8. The van der Waals surface area contributed by atoms with E-state index in [1.165, 1.54) is 0 Å². The molecule has 1 saturated carbocycles. The Morgan fingerprint density at radius 1 is 1.10 bits per heavy atom. The van der Waals surface area contributed by atoms with Crippen molar-refractivity contribution in [1.29, 1.82) is 0 Å². The molecule has 0 radical (unpaired) electrons. The Labute approximate surface area is 253 Å². The number of hydrogen-bond donors (Lipinski definition) is 2. The summed E-state index contributed by atoms with van der Waals surface area (Å²) in [5, 5.41) is 9.52. The molecule has 218 valence electrons. The molecular formula is C29H23Cl3F2N3O5+. The molecule has 2 aromatic carbocycles. The number of aromatic nitrogens is 1. The van der Waals surface area contributed by atoms with Gasteiger partial charge in [0.2, 0.25) is 0 Å². The number of anilines is 1. The van der Waals surface area contributed by atoms with Gasteiger partial charge in [0.15, 0.2) is 17.4 Å². The van der Waals surface area contributed by atoms with Crippen molar-refractivity contribution < 1.29 is 38.7 Å². The van der Waals surface area contributed by atoms with Crippen LogP contribution in [0.5, 0.6) is 5.75 Å². The van der Waals surface area contributed by atoms with Crippen LogP contribution in [-0.2, 0) is 21.7 Å². The lowest BCUT2D eigenvalue weighted by Gasteiger charge is -2.48. The number of rotatable bonds is 8. The molecule has 0 atom stereocenters. The SMILES string of the molecule is [NH3+]C(=C(COc1cc(Cl)c2c(c1)COC21CN(c2ncc(C(=O)O)cc2F)C1)C(=O)C1CC1)c1c(Cl)cc(F)cc1Cl. The Bertz CT molecular complexity index is 1670. The molecule has 0 unspecified atom stereocenters. The number of fused-ring (bicyclic) bond motifs is 2. The molecule has 1 spiro atoms. The van der Waals surface area contributed by atoms with Gasteiger partial charge in [0.05, 0.1) is 51.5 Å². The normalized spacial score (nSPS) is 17.5. The summed E-state index contributed by atoms with van der Waals surface area (Å²) >= 11 is 19.2. The summed E-state index contributed by atoms with van der Waals surface area (Å²) in [5.41, 5.74) is 5.38. The van der Waals surface area contributed by atoms with E-state index in [0.717, 1.165) is 48.4 Å². The maximum atomic E-state index is 14.6. The second-order valence-corrected chi connectivity index (χ2v) is 11.8. The minimum absolute atomic E-state index is 0.0312. The number of Topliss-reactive ketones (excluding diaryl/α,β-unsaturated/α-hetero) is 1. The number of benzene rings is 2. The van der Waals surface area contributed by atoms with Crippen LogP contribution in [0.4, 0.5) is 14.6 Å². The van der Waals surface area contributed by atoms with Gasteiger partial charge in [-0.15, -0.1) is 0 Å². The van der Waals surface area contributed by atoms with Crippen LogP contribution in [0.3, 0.4) is 0 Å². The molecule has 3 aliphatic rings. The highest BCUT2D eigenvalue weighted by molar-refractivity contribution is 6.37. The van der Waals surface area contributed by atoms with Gasteiger partial charge in [-0.3, -0.25) is 4.79 Å². The van der Waals surface area contributed by atoms with E-state index in [2.05, 4.69) is 10.7 Å². The maximum absolute atomic E-state index is 14.6. The Morgan fingerprint density at radius 3 is 2.40 bits per heavy atom. The van der Waals surface area contributed by atoms with Crippen molar-refractivity contribution in [2.45, 2.75) is 25.0 Å². The van der Waals surface area contributed by atoms with E-state index >= 15 is 0 Å². The summed E-state index contributed by atoms with van der Waals surface area (Å²) in [6.07, 6.45) is 2.62. The molecule has 1 aromatic heterocycles. The van der Waals surface area contributed by atoms with Crippen LogP contribution in [0.2, 0.25) is 15.1 Å². The number of ether oxygens (including phenoxy) is 2. The van der Waals surface area contributed by atoms with E-state index in [0.29, 0.717) is 10.8 Å². The van der Waals surface area contributed by atoms with Gasteiger partial charge in [-0.25, -0.2) is 18.6 Å². The molecule has 0 bridgehead atoms. The van der Waals surface area contributed by atoms with E-state index in [4.69, 9.17) is 49.4 Å². The first-order valence-corrected chi connectivity index (χ1v) is 14.1. The van der Waals surface area contributed by atoms with Crippen molar-refractivity contribution in [3.63, 3.8) is 0 Å². The van der Waals surface area contributed by atoms with Crippen LogP contribution < -0.4 is 15.4 Å². The fraction of sp³-hybridized carbons (Fsp3) is 0.276. The van der Waals surface area contributed by atoms with Crippen molar-refractivity contribution >= 4 is 58.1 Å². The van der Waals surface area contributed by atoms with Crippen LogP contribution >= 0.6 is 34.8 Å². The summed E-state index contributed by atoms with van der Waals surface area (Å²) in [6.45, 7) is 0.635. The monoisotopic (exact) mass is 636 g/mol. The number of nitrogens with zero attached hydrogens (tertiary/aromatic N) is 2. The predicted molar refractivity (Wildman–Crippen MR) is 151 cm³/mol. The number of carbonyl (C=O) groups is 2. The summed E-state index contributed by atoms with van der Waals surface area (Å²) in [4.78, 5) is 29.9. The third-order valence-electron chi connectivity index (χ3n) is 7.67. The number of pyridine rings is 1. The molecule has 3 aromatic rings. The number of halogens is 5. The number of quaternary nitrogens is 1. The van der Waals surface area contributed by atoms with Crippen LogP contribution in [0.25, 0.3) is 5.70 Å². The van der Waals surface area contributed by atoms with Gasteiger partial charge in [-0.1, -0.05) is 34.8 Å². The van der Waals surface area contributed by atoms with Crippen LogP contribution in [0, 0.1) is 17.6 Å². The molecule has 1 aliphatic carbocycles. The Kier molecular flexibility index (Phi) is 7.39. The Morgan fingerprint density at radius 2 is 1.79 bits per heavy atom. The summed E-state index contributed by atoms with van der Waals surface area (Å²) in [7, 11) is 0. The number of carbonyl (C=O) groups excluding carboxylic acids is 1. The highest BCUT2D eigenvalue weighted by atomic mass is 35.5. The molecule has 1 saturated heterocycles. The molecule has 13 heteroatoms. The third-order valence-corrected chi connectivity index (χ3v) is 8.56. The number of carboxylic acids is 1. The van der Waals surface area contributed by atoms with Gasteiger partial charge < -0.3 is 25.2 Å². The highest BCUT2D eigenvalue weighted by Crippen LogP contribution is 2.49. The minimum Gasteiger partial charge on any atom is -0.488 e. The number of carboxylic acid groups (broad SMARTS) is 1. The molecule has 8 nitrogen and oxygen atoms in total.